The third kappa shape index (κ3) is 7.62. The van der Waals surface area contributed by atoms with Crippen molar-refractivity contribution in [1.82, 2.24) is 5.32 Å². The van der Waals surface area contributed by atoms with Crippen LogP contribution in [-0.4, -0.2) is 52.5 Å². The lowest BCUT2D eigenvalue weighted by molar-refractivity contribution is -0.384. The van der Waals surface area contributed by atoms with Gasteiger partial charge in [0.05, 0.1) is 27.8 Å². The number of nitrogens with one attached hydrogen (secondary N) is 2. The largest absolute Gasteiger partial charge is 0.458 e. The van der Waals surface area contributed by atoms with Crippen LogP contribution in [-0.2, 0) is 20.9 Å². The molecule has 0 aromatic heterocycles. The third-order valence-corrected chi connectivity index (χ3v) is 6.29. The molecule has 1 aliphatic heterocycles. The molecule has 1 fully saturated rings. The van der Waals surface area contributed by atoms with E-state index in [2.05, 4.69) is 17.2 Å². The van der Waals surface area contributed by atoms with E-state index in [1.165, 1.54) is 48.5 Å². The number of hydrogen-bond acceptors (Lipinski definition) is 10. The van der Waals surface area contributed by atoms with Crippen LogP contribution in [0.2, 0.25) is 0 Å². The number of carbonyl (C=O) groups excluding carboxylic acids is 4. The Morgan fingerprint density at radius 3 is 2.57 bits per heavy atom. The Bertz CT molecular complexity index is 1220. The second-order valence-electron chi connectivity index (χ2n) is 7.90. The molecule has 2 aromatic rings. The number of hydrogen-bond donors (Lipinski definition) is 3. The predicted molar refractivity (Wildman–Crippen MR) is 135 cm³/mol. The van der Waals surface area contributed by atoms with Crippen LogP contribution in [0, 0.1) is 10.1 Å². The maximum atomic E-state index is 12.8. The topological polar surface area (TPSA) is 180 Å². The fourth-order valence-electron chi connectivity index (χ4n) is 3.45. The first kappa shape index (κ1) is 27.4. The molecule has 2 amide bonds. The third-order valence-electron chi connectivity index (χ3n) is 5.28. The summed E-state index contributed by atoms with van der Waals surface area (Å²) in [6.07, 6.45) is 1.71. The molecule has 4 N–H and O–H groups in total. The Kier molecular flexibility index (Phi) is 9.35. The number of rotatable bonds is 10. The number of anilines is 1. The van der Waals surface area contributed by atoms with E-state index in [9.17, 15) is 29.3 Å². The molecular weight excluding hydrogens is 504 g/mol. The molecule has 2 unspecified atom stereocenters. The number of benzene rings is 2. The van der Waals surface area contributed by atoms with Gasteiger partial charge in [0.25, 0.3) is 11.6 Å². The number of ether oxygens (including phenoxy) is 2. The second kappa shape index (κ2) is 12.6. The zero-order valence-corrected chi connectivity index (χ0v) is 20.3. The van der Waals surface area contributed by atoms with Gasteiger partial charge in [0, 0.05) is 23.9 Å². The summed E-state index contributed by atoms with van der Waals surface area (Å²) >= 11 is 0.929. The number of thioether (sulfide) groups is 1. The van der Waals surface area contributed by atoms with Gasteiger partial charge in [-0.25, -0.2) is 9.59 Å². The van der Waals surface area contributed by atoms with E-state index in [1.807, 2.05) is 0 Å². The number of nitrogens with two attached hydrogens (primary N) is 1. The van der Waals surface area contributed by atoms with Crippen LogP contribution in [0.1, 0.15) is 32.7 Å². The highest BCUT2D eigenvalue weighted by Crippen LogP contribution is 2.25. The van der Waals surface area contributed by atoms with Gasteiger partial charge in [0.15, 0.2) is 0 Å². The van der Waals surface area contributed by atoms with Crippen molar-refractivity contribution in [3.8, 4) is 0 Å². The van der Waals surface area contributed by atoms with Gasteiger partial charge in [-0.05, 0) is 54.1 Å². The first-order valence-electron chi connectivity index (χ1n) is 11.0. The van der Waals surface area contributed by atoms with Gasteiger partial charge in [0.1, 0.15) is 13.2 Å². The summed E-state index contributed by atoms with van der Waals surface area (Å²) in [5.74, 6) is -1.92. The van der Waals surface area contributed by atoms with Crippen molar-refractivity contribution in [1.29, 1.82) is 0 Å². The van der Waals surface area contributed by atoms with E-state index in [0.717, 1.165) is 11.8 Å². The standard InChI is InChI=1S/C24H24N4O8S/c1-2-9-35-23(31)15-5-8-18(21(25)29)19(10-15)27-22(30)20-11-17(12-26-20)37-24(32)36-13-14-3-6-16(7-4-14)28(33)34/h2-8,10,17,20,26H,1,9,11-13H2,(H2,25,29)(H,27,30). The van der Waals surface area contributed by atoms with Gasteiger partial charge in [-0.3, -0.25) is 19.7 Å². The van der Waals surface area contributed by atoms with Crippen molar-refractivity contribution >= 4 is 46.2 Å². The highest BCUT2D eigenvalue weighted by molar-refractivity contribution is 8.13. The molecule has 1 heterocycles. The molecule has 2 aromatic carbocycles. The van der Waals surface area contributed by atoms with Crippen LogP contribution in [0.15, 0.2) is 55.1 Å². The number of amides is 2. The number of primary amides is 1. The lowest BCUT2D eigenvalue weighted by atomic mass is 10.1. The highest BCUT2D eigenvalue weighted by atomic mass is 32.2. The quantitative estimate of drug-likeness (QED) is 0.180. The Hall–Kier alpha value is -4.23. The molecule has 0 bridgehead atoms. The molecule has 0 spiro atoms. The highest BCUT2D eigenvalue weighted by Gasteiger charge is 2.32. The molecule has 37 heavy (non-hydrogen) atoms. The number of nitro benzene ring substituents is 1. The number of non-ortho nitro benzene ring substituents is 1. The molecule has 194 valence electrons. The Balaban J connectivity index is 1.54. The molecule has 12 nitrogen and oxygen atoms in total. The maximum absolute atomic E-state index is 12.8. The van der Waals surface area contributed by atoms with Gasteiger partial charge in [-0.1, -0.05) is 12.7 Å². The van der Waals surface area contributed by atoms with E-state index >= 15 is 0 Å². The monoisotopic (exact) mass is 528 g/mol. The Labute approximate surface area is 215 Å². The predicted octanol–water partition coefficient (Wildman–Crippen LogP) is 2.78. The van der Waals surface area contributed by atoms with Crippen molar-refractivity contribution in [2.45, 2.75) is 24.3 Å². The lowest BCUT2D eigenvalue weighted by Gasteiger charge is -2.14. The van der Waals surface area contributed by atoms with Crippen LogP contribution < -0.4 is 16.4 Å². The molecule has 0 radical (unpaired) electrons. The SMILES string of the molecule is C=CCOC(=O)c1ccc(C(N)=O)c(NC(=O)C2CC(SC(=O)OCc3ccc([N+](=O)[O-])cc3)CN2)c1. The molecule has 13 heteroatoms. The summed E-state index contributed by atoms with van der Waals surface area (Å²) in [5, 5.41) is 15.5. The average molecular weight is 529 g/mol. The summed E-state index contributed by atoms with van der Waals surface area (Å²) in [6.45, 7) is 3.77. The van der Waals surface area contributed by atoms with E-state index in [0.29, 0.717) is 18.5 Å². The van der Waals surface area contributed by atoms with Crippen molar-refractivity contribution in [2.24, 2.45) is 5.73 Å². The normalized spacial score (nSPS) is 16.4. The van der Waals surface area contributed by atoms with E-state index in [1.54, 1.807) is 0 Å². The minimum absolute atomic E-state index is 0.000539. The van der Waals surface area contributed by atoms with Gasteiger partial charge in [-0.15, -0.1) is 0 Å². The average Bonchev–Trinajstić information content (AvgIpc) is 3.34. The van der Waals surface area contributed by atoms with Gasteiger partial charge in [0.2, 0.25) is 5.91 Å². The number of carbonyl (C=O) groups is 4. The Morgan fingerprint density at radius 2 is 1.92 bits per heavy atom. The fourth-order valence-corrected chi connectivity index (χ4v) is 4.31. The number of esters is 1. The van der Waals surface area contributed by atoms with Crippen LogP contribution in [0.3, 0.4) is 0 Å². The molecule has 3 rings (SSSR count). The van der Waals surface area contributed by atoms with Gasteiger partial charge < -0.3 is 25.8 Å². The molecule has 1 saturated heterocycles. The lowest BCUT2D eigenvalue weighted by Crippen LogP contribution is -2.36. The van der Waals surface area contributed by atoms with Gasteiger partial charge >= 0.3 is 11.3 Å². The molecule has 0 saturated carbocycles. The molecule has 2 atom stereocenters. The first-order chi connectivity index (χ1) is 17.7. The smallest absolute Gasteiger partial charge is 0.367 e. The van der Waals surface area contributed by atoms with Crippen molar-refractivity contribution in [3.05, 3.63) is 81.9 Å². The van der Waals surface area contributed by atoms with E-state index in [-0.39, 0.29) is 41.0 Å². The van der Waals surface area contributed by atoms with E-state index in [4.69, 9.17) is 15.2 Å². The summed E-state index contributed by atoms with van der Waals surface area (Å²) in [4.78, 5) is 59.2. The van der Waals surface area contributed by atoms with Crippen molar-refractivity contribution < 1.29 is 33.6 Å². The zero-order chi connectivity index (χ0) is 26.9. The van der Waals surface area contributed by atoms with Gasteiger partial charge in [-0.2, -0.15) is 0 Å². The number of nitro groups is 1. The second-order valence-corrected chi connectivity index (χ2v) is 9.14. The van der Waals surface area contributed by atoms with Crippen molar-refractivity contribution in [2.75, 3.05) is 18.5 Å². The molecular formula is C24H24N4O8S. The zero-order valence-electron chi connectivity index (χ0n) is 19.5. The molecule has 1 aliphatic rings. The van der Waals surface area contributed by atoms with Crippen molar-refractivity contribution in [3.63, 3.8) is 0 Å². The van der Waals surface area contributed by atoms with Crippen LogP contribution >= 0.6 is 11.8 Å². The first-order valence-corrected chi connectivity index (χ1v) is 11.9. The fraction of sp³-hybridized carbons (Fsp3) is 0.250. The Morgan fingerprint density at radius 1 is 1.19 bits per heavy atom. The summed E-state index contributed by atoms with van der Waals surface area (Å²) in [5.41, 5.74) is 6.13. The summed E-state index contributed by atoms with van der Waals surface area (Å²) in [6, 6.07) is 8.98. The molecule has 0 aliphatic carbocycles. The maximum Gasteiger partial charge on any atom is 0.367 e. The van der Waals surface area contributed by atoms with Crippen LogP contribution in [0.5, 0.6) is 0 Å². The van der Waals surface area contributed by atoms with Crippen LogP contribution in [0.4, 0.5) is 16.2 Å². The van der Waals surface area contributed by atoms with Crippen LogP contribution in [0.25, 0.3) is 0 Å². The minimum atomic E-state index is -0.787. The van der Waals surface area contributed by atoms with E-state index < -0.39 is 34.1 Å². The summed E-state index contributed by atoms with van der Waals surface area (Å²) < 4.78 is 10.2. The summed E-state index contributed by atoms with van der Waals surface area (Å²) in [7, 11) is 0. The number of nitrogens with zero attached hydrogens (tertiary/aromatic N) is 1. The minimum Gasteiger partial charge on any atom is -0.458 e.